The van der Waals surface area contributed by atoms with Crippen molar-refractivity contribution in [2.45, 2.75) is 95.4 Å². The minimum absolute atomic E-state index is 0.0560. The number of aliphatic hydroxyl groups excluding tert-OH is 1. The Morgan fingerprint density at radius 3 is 2.58 bits per heavy atom. The molecule has 0 spiro atoms. The highest BCUT2D eigenvalue weighted by molar-refractivity contribution is 7.14. The first kappa shape index (κ1) is 22.5. The van der Waals surface area contributed by atoms with Gasteiger partial charge in [0.1, 0.15) is 11.1 Å². The topological polar surface area (TPSA) is 90.2 Å². The largest absolute Gasteiger partial charge is 0.477 e. The molecule has 0 saturated heterocycles. The molecule has 4 atom stereocenters. The van der Waals surface area contributed by atoms with Crippen molar-refractivity contribution >= 4 is 23.0 Å². The van der Waals surface area contributed by atoms with Crippen LogP contribution in [0.25, 0.3) is 0 Å². The lowest BCUT2D eigenvalue weighted by atomic mass is 9.81. The van der Waals surface area contributed by atoms with Gasteiger partial charge >= 0.3 is 5.97 Å². The molecule has 0 bridgehead atoms. The van der Waals surface area contributed by atoms with Crippen molar-refractivity contribution in [3.63, 3.8) is 0 Å². The number of aliphatic hydroxyl groups is 1. The standard InChI is InChI=1S/C24H34N2O4S/c1-15-7-9-17(10-8-15)23(27)26(19-12-11-18(13-19)25-30)20-14-21(31-22(20)24(28)29)16-5-3-2-4-6-16/h3,5,14-19,23,27H,2,4,6-13H2,1H3,(H,28,29). The van der Waals surface area contributed by atoms with Crippen LogP contribution in [0.3, 0.4) is 0 Å². The molecule has 3 aliphatic carbocycles. The molecular formula is C24H34N2O4S. The van der Waals surface area contributed by atoms with Gasteiger partial charge < -0.3 is 15.1 Å². The number of nitroso groups, excluding NO2 is 1. The molecule has 0 aromatic carbocycles. The summed E-state index contributed by atoms with van der Waals surface area (Å²) in [6.45, 7) is 2.25. The van der Waals surface area contributed by atoms with Crippen LogP contribution < -0.4 is 4.90 Å². The Hall–Kier alpha value is -1.73. The van der Waals surface area contributed by atoms with Crippen molar-refractivity contribution < 1.29 is 15.0 Å². The van der Waals surface area contributed by atoms with Gasteiger partial charge in [0.05, 0.1) is 11.7 Å². The van der Waals surface area contributed by atoms with E-state index in [1.165, 1.54) is 11.3 Å². The minimum Gasteiger partial charge on any atom is -0.477 e. The van der Waals surface area contributed by atoms with Crippen LogP contribution in [0.4, 0.5) is 5.69 Å². The summed E-state index contributed by atoms with van der Waals surface area (Å²) in [5.74, 6) is 0.100. The summed E-state index contributed by atoms with van der Waals surface area (Å²) in [7, 11) is 0. The Morgan fingerprint density at radius 2 is 1.97 bits per heavy atom. The lowest BCUT2D eigenvalue weighted by molar-refractivity contribution is 0.0641. The van der Waals surface area contributed by atoms with Crippen molar-refractivity contribution in [2.24, 2.45) is 17.0 Å². The number of nitrogens with zero attached hydrogens (tertiary/aromatic N) is 2. The number of allylic oxidation sites excluding steroid dienone is 2. The number of carbonyl (C=O) groups is 1. The Kier molecular flexibility index (Phi) is 7.12. The highest BCUT2D eigenvalue weighted by Gasteiger charge is 2.39. The van der Waals surface area contributed by atoms with E-state index in [-0.39, 0.29) is 23.9 Å². The third kappa shape index (κ3) is 4.87. The third-order valence-electron chi connectivity index (χ3n) is 7.51. The second kappa shape index (κ2) is 9.82. The molecule has 170 valence electrons. The van der Waals surface area contributed by atoms with E-state index in [0.717, 1.165) is 56.2 Å². The average Bonchev–Trinajstić information content (AvgIpc) is 3.43. The summed E-state index contributed by atoms with van der Waals surface area (Å²) in [5.41, 5.74) is 0.633. The van der Waals surface area contributed by atoms with Gasteiger partial charge in [-0.2, -0.15) is 4.91 Å². The molecule has 2 saturated carbocycles. The number of hydrogen-bond donors (Lipinski definition) is 2. The van der Waals surface area contributed by atoms with E-state index < -0.39 is 12.2 Å². The lowest BCUT2D eigenvalue weighted by Gasteiger charge is -2.41. The van der Waals surface area contributed by atoms with Crippen molar-refractivity contribution in [3.8, 4) is 0 Å². The number of aromatic carboxylic acids is 1. The highest BCUT2D eigenvalue weighted by Crippen LogP contribution is 2.44. The summed E-state index contributed by atoms with van der Waals surface area (Å²) >= 11 is 1.34. The maximum atomic E-state index is 12.2. The van der Waals surface area contributed by atoms with Crippen LogP contribution in [-0.2, 0) is 0 Å². The highest BCUT2D eigenvalue weighted by atomic mass is 32.1. The fourth-order valence-electron chi connectivity index (χ4n) is 5.63. The molecule has 3 aliphatic rings. The molecule has 2 fully saturated rings. The number of anilines is 1. The van der Waals surface area contributed by atoms with Crippen LogP contribution in [-0.4, -0.2) is 34.5 Å². The smallest absolute Gasteiger partial charge is 0.348 e. The van der Waals surface area contributed by atoms with Crippen LogP contribution >= 0.6 is 11.3 Å². The predicted molar refractivity (Wildman–Crippen MR) is 124 cm³/mol. The molecule has 2 N–H and O–H groups in total. The van der Waals surface area contributed by atoms with Crippen molar-refractivity contribution in [1.29, 1.82) is 0 Å². The first-order chi connectivity index (χ1) is 15.0. The number of thiophene rings is 1. The Bertz CT molecular complexity index is 815. The number of rotatable bonds is 7. The van der Waals surface area contributed by atoms with Gasteiger partial charge in [-0.15, -0.1) is 11.3 Å². The maximum absolute atomic E-state index is 12.2. The summed E-state index contributed by atoms with van der Waals surface area (Å²) < 4.78 is 0. The fourth-order valence-corrected chi connectivity index (χ4v) is 6.74. The van der Waals surface area contributed by atoms with E-state index in [9.17, 15) is 19.9 Å². The first-order valence-corrected chi connectivity index (χ1v) is 12.6. The Balaban J connectivity index is 1.69. The molecule has 6 nitrogen and oxygen atoms in total. The Morgan fingerprint density at radius 1 is 1.19 bits per heavy atom. The average molecular weight is 447 g/mol. The van der Waals surface area contributed by atoms with E-state index in [1.54, 1.807) is 0 Å². The molecule has 4 rings (SSSR count). The van der Waals surface area contributed by atoms with E-state index in [2.05, 4.69) is 24.3 Å². The molecule has 4 unspecified atom stereocenters. The second-order valence-corrected chi connectivity index (χ2v) is 10.8. The lowest BCUT2D eigenvalue weighted by Crippen LogP contribution is -2.47. The summed E-state index contributed by atoms with van der Waals surface area (Å²) in [5, 5.41) is 24.8. The molecule has 0 amide bonds. The Labute approximate surface area is 188 Å². The van der Waals surface area contributed by atoms with Crippen molar-refractivity contribution in [3.05, 3.63) is 32.9 Å². The zero-order chi connectivity index (χ0) is 22.0. The van der Waals surface area contributed by atoms with Crippen LogP contribution in [0.2, 0.25) is 0 Å². The quantitative estimate of drug-likeness (QED) is 0.309. The number of carboxylic acids is 1. The van der Waals surface area contributed by atoms with Crippen LogP contribution in [0.1, 0.15) is 91.6 Å². The van der Waals surface area contributed by atoms with E-state index in [1.807, 2.05) is 11.0 Å². The monoisotopic (exact) mass is 446 g/mol. The molecule has 1 aromatic rings. The summed E-state index contributed by atoms with van der Waals surface area (Å²) in [6.07, 6.45) is 13.0. The number of carboxylic acid groups (broad SMARTS) is 1. The maximum Gasteiger partial charge on any atom is 0.348 e. The normalized spacial score (nSPS) is 32.0. The predicted octanol–water partition coefficient (Wildman–Crippen LogP) is 5.91. The number of hydrogen-bond acceptors (Lipinski definition) is 6. The van der Waals surface area contributed by atoms with Crippen LogP contribution in [0, 0.1) is 16.7 Å². The van der Waals surface area contributed by atoms with Gasteiger partial charge in [-0.25, -0.2) is 4.79 Å². The second-order valence-electron chi connectivity index (χ2n) is 9.70. The van der Waals surface area contributed by atoms with Gasteiger partial charge in [0.15, 0.2) is 0 Å². The van der Waals surface area contributed by atoms with Crippen molar-refractivity contribution in [1.82, 2.24) is 0 Å². The SMILES string of the molecule is CC1CCC(C(O)N(c2cc(C3C=CCCC3)sc2C(=O)O)C2CCC(N=O)C2)CC1. The fraction of sp³-hybridized carbons (Fsp3) is 0.708. The van der Waals surface area contributed by atoms with Crippen LogP contribution in [0.15, 0.2) is 23.4 Å². The first-order valence-electron chi connectivity index (χ1n) is 11.8. The van der Waals surface area contributed by atoms with Gasteiger partial charge in [0.25, 0.3) is 0 Å². The molecule has 1 heterocycles. The van der Waals surface area contributed by atoms with Gasteiger partial charge in [0, 0.05) is 22.8 Å². The molecular weight excluding hydrogens is 412 g/mol. The summed E-state index contributed by atoms with van der Waals surface area (Å²) in [4.78, 5) is 26.7. The summed E-state index contributed by atoms with van der Waals surface area (Å²) in [6, 6.07) is 1.70. The van der Waals surface area contributed by atoms with Gasteiger partial charge in [-0.1, -0.05) is 37.1 Å². The molecule has 1 aromatic heterocycles. The molecule has 31 heavy (non-hydrogen) atoms. The molecule has 7 heteroatoms. The zero-order valence-corrected chi connectivity index (χ0v) is 19.1. The van der Waals surface area contributed by atoms with E-state index in [4.69, 9.17) is 0 Å². The van der Waals surface area contributed by atoms with Gasteiger partial charge in [0.2, 0.25) is 0 Å². The third-order valence-corrected chi connectivity index (χ3v) is 8.75. The van der Waals surface area contributed by atoms with E-state index in [0.29, 0.717) is 29.3 Å². The molecule has 0 aliphatic heterocycles. The minimum atomic E-state index is -0.941. The van der Waals surface area contributed by atoms with Crippen molar-refractivity contribution in [2.75, 3.05) is 4.90 Å². The zero-order valence-electron chi connectivity index (χ0n) is 18.3. The van der Waals surface area contributed by atoms with Crippen LogP contribution in [0.5, 0.6) is 0 Å². The van der Waals surface area contributed by atoms with E-state index >= 15 is 0 Å². The molecule has 0 radical (unpaired) electrons. The van der Waals surface area contributed by atoms with Gasteiger partial charge in [-0.3, -0.25) is 0 Å². The van der Waals surface area contributed by atoms with Gasteiger partial charge in [-0.05, 0) is 63.4 Å².